The second kappa shape index (κ2) is 7.59. The molecular formula is C22H26N4O4. The second-order valence-electron chi connectivity index (χ2n) is 8.14. The fourth-order valence-electron chi connectivity index (χ4n) is 3.89. The van der Waals surface area contributed by atoms with Crippen LogP contribution in [0.3, 0.4) is 0 Å². The minimum Gasteiger partial charge on any atom is -0.461 e. The number of amides is 2. The summed E-state index contributed by atoms with van der Waals surface area (Å²) in [6.07, 6.45) is 1.73. The zero-order chi connectivity index (χ0) is 21.5. The zero-order valence-electron chi connectivity index (χ0n) is 17.5. The summed E-state index contributed by atoms with van der Waals surface area (Å²) in [5.41, 5.74) is 1.45. The topological polar surface area (TPSA) is 93.5 Å². The van der Waals surface area contributed by atoms with Crippen LogP contribution in [0.25, 0.3) is 0 Å². The molecule has 2 heterocycles. The van der Waals surface area contributed by atoms with E-state index in [1.165, 1.54) is 10.7 Å². The lowest BCUT2D eigenvalue weighted by molar-refractivity contribution is -0.133. The SMILES string of the molecule is CCOC(=O)c1cc2n(n1)C[C@](C)(C(=O)NCc1ccc(C)cc1)N(C1CC1)C2=O. The van der Waals surface area contributed by atoms with Crippen molar-refractivity contribution in [3.63, 3.8) is 0 Å². The second-order valence-corrected chi connectivity index (χ2v) is 8.14. The third kappa shape index (κ3) is 3.58. The first-order chi connectivity index (χ1) is 14.3. The Morgan fingerprint density at radius 2 is 1.97 bits per heavy atom. The average Bonchev–Trinajstić information content (AvgIpc) is 3.45. The highest BCUT2D eigenvalue weighted by molar-refractivity contribution is 6.01. The van der Waals surface area contributed by atoms with Gasteiger partial charge in [-0.2, -0.15) is 5.10 Å². The summed E-state index contributed by atoms with van der Waals surface area (Å²) in [5, 5.41) is 7.23. The highest BCUT2D eigenvalue weighted by atomic mass is 16.5. The average molecular weight is 410 g/mol. The number of esters is 1. The molecule has 1 aromatic carbocycles. The number of aryl methyl sites for hydroxylation is 1. The fourth-order valence-corrected chi connectivity index (χ4v) is 3.89. The molecule has 2 aromatic rings. The van der Waals surface area contributed by atoms with Gasteiger partial charge in [-0.05, 0) is 39.2 Å². The predicted molar refractivity (Wildman–Crippen MR) is 109 cm³/mol. The lowest BCUT2D eigenvalue weighted by atomic mass is 9.94. The molecule has 8 nitrogen and oxygen atoms in total. The van der Waals surface area contributed by atoms with Gasteiger partial charge in [0, 0.05) is 18.7 Å². The molecule has 4 rings (SSSR count). The molecule has 1 aromatic heterocycles. The molecule has 1 atom stereocenters. The molecule has 158 valence electrons. The van der Waals surface area contributed by atoms with Crippen LogP contribution in [0.1, 0.15) is 58.8 Å². The lowest BCUT2D eigenvalue weighted by Crippen LogP contribution is -2.64. The normalized spacial score (nSPS) is 20.6. The summed E-state index contributed by atoms with van der Waals surface area (Å²) in [4.78, 5) is 40.3. The summed E-state index contributed by atoms with van der Waals surface area (Å²) >= 11 is 0. The summed E-state index contributed by atoms with van der Waals surface area (Å²) in [7, 11) is 0. The van der Waals surface area contributed by atoms with Crippen molar-refractivity contribution in [2.24, 2.45) is 0 Å². The van der Waals surface area contributed by atoms with Gasteiger partial charge in [-0.25, -0.2) is 4.79 Å². The molecule has 2 amide bonds. The minimum absolute atomic E-state index is 0.0299. The lowest BCUT2D eigenvalue weighted by Gasteiger charge is -2.43. The van der Waals surface area contributed by atoms with Gasteiger partial charge in [0.2, 0.25) is 5.91 Å². The standard InChI is InChI=1S/C22H26N4O4/c1-4-30-20(28)17-11-18-19(27)26(16-9-10-16)22(3,13-25(18)24-17)21(29)23-12-15-7-5-14(2)6-8-15/h5-8,11,16H,4,9-10,12-13H2,1-3H3,(H,23,29)/t22-/m1/s1. The van der Waals surface area contributed by atoms with Crippen LogP contribution in [-0.2, 0) is 22.6 Å². The van der Waals surface area contributed by atoms with E-state index >= 15 is 0 Å². The van der Waals surface area contributed by atoms with Gasteiger partial charge in [-0.3, -0.25) is 14.3 Å². The molecule has 0 spiro atoms. The monoisotopic (exact) mass is 410 g/mol. The largest absolute Gasteiger partial charge is 0.461 e. The van der Waals surface area contributed by atoms with Gasteiger partial charge in [-0.15, -0.1) is 0 Å². The Labute approximate surface area is 175 Å². The van der Waals surface area contributed by atoms with E-state index in [0.29, 0.717) is 12.2 Å². The number of carbonyl (C=O) groups excluding carboxylic acids is 3. The van der Waals surface area contributed by atoms with Crippen molar-refractivity contribution in [1.82, 2.24) is 20.0 Å². The van der Waals surface area contributed by atoms with Crippen molar-refractivity contribution >= 4 is 17.8 Å². The van der Waals surface area contributed by atoms with Gasteiger partial charge in [0.25, 0.3) is 5.91 Å². The van der Waals surface area contributed by atoms with Crippen LogP contribution in [-0.4, -0.2) is 50.7 Å². The van der Waals surface area contributed by atoms with E-state index in [1.807, 2.05) is 31.2 Å². The van der Waals surface area contributed by atoms with Gasteiger partial charge in [0.1, 0.15) is 11.2 Å². The van der Waals surface area contributed by atoms with Crippen LogP contribution in [0.15, 0.2) is 30.3 Å². The van der Waals surface area contributed by atoms with Crippen molar-refractivity contribution in [1.29, 1.82) is 0 Å². The predicted octanol–water partition coefficient (Wildman–Crippen LogP) is 2.06. The maximum absolute atomic E-state index is 13.3. The number of rotatable bonds is 6. The Kier molecular flexibility index (Phi) is 5.09. The number of nitrogens with one attached hydrogen (secondary N) is 1. The van der Waals surface area contributed by atoms with Crippen molar-refractivity contribution in [2.45, 2.75) is 58.3 Å². The van der Waals surface area contributed by atoms with Crippen molar-refractivity contribution in [3.05, 3.63) is 52.8 Å². The van der Waals surface area contributed by atoms with Crippen LogP contribution in [0.5, 0.6) is 0 Å². The summed E-state index contributed by atoms with van der Waals surface area (Å²) in [5.74, 6) is -1.09. The Balaban J connectivity index is 1.59. The third-order valence-electron chi connectivity index (χ3n) is 5.67. The van der Waals surface area contributed by atoms with E-state index in [2.05, 4.69) is 10.4 Å². The molecule has 8 heteroatoms. The van der Waals surface area contributed by atoms with E-state index in [1.54, 1.807) is 18.7 Å². The van der Waals surface area contributed by atoms with Crippen LogP contribution >= 0.6 is 0 Å². The number of fused-ring (bicyclic) bond motifs is 1. The number of aromatic nitrogens is 2. The smallest absolute Gasteiger partial charge is 0.358 e. The number of ether oxygens (including phenoxy) is 1. The third-order valence-corrected chi connectivity index (χ3v) is 5.67. The molecule has 1 fully saturated rings. The summed E-state index contributed by atoms with van der Waals surface area (Å²) < 4.78 is 6.46. The van der Waals surface area contributed by atoms with Gasteiger partial charge in [-0.1, -0.05) is 29.8 Å². The number of hydrogen-bond donors (Lipinski definition) is 1. The molecule has 2 aliphatic rings. The Morgan fingerprint density at radius 3 is 2.60 bits per heavy atom. The van der Waals surface area contributed by atoms with Gasteiger partial charge in [0.15, 0.2) is 5.69 Å². The minimum atomic E-state index is -1.09. The molecule has 1 aliphatic carbocycles. The van der Waals surface area contributed by atoms with E-state index < -0.39 is 11.5 Å². The molecule has 1 N–H and O–H groups in total. The molecular weight excluding hydrogens is 384 g/mol. The molecule has 0 bridgehead atoms. The fraction of sp³-hybridized carbons (Fsp3) is 0.455. The van der Waals surface area contributed by atoms with E-state index in [-0.39, 0.29) is 36.7 Å². The summed E-state index contributed by atoms with van der Waals surface area (Å²) in [6, 6.07) is 9.43. The van der Waals surface area contributed by atoms with Gasteiger partial charge < -0.3 is 15.0 Å². The highest BCUT2D eigenvalue weighted by Crippen LogP contribution is 2.38. The van der Waals surface area contributed by atoms with Crippen LogP contribution < -0.4 is 5.32 Å². The Morgan fingerprint density at radius 1 is 1.27 bits per heavy atom. The first kappa shape index (κ1) is 20.1. The molecule has 1 saturated carbocycles. The van der Waals surface area contributed by atoms with Crippen molar-refractivity contribution < 1.29 is 19.1 Å². The van der Waals surface area contributed by atoms with Gasteiger partial charge in [0.05, 0.1) is 13.2 Å². The van der Waals surface area contributed by atoms with Crippen molar-refractivity contribution in [2.75, 3.05) is 6.61 Å². The first-order valence-corrected chi connectivity index (χ1v) is 10.3. The molecule has 0 radical (unpaired) electrons. The highest BCUT2D eigenvalue weighted by Gasteiger charge is 2.53. The number of nitrogens with zero attached hydrogens (tertiary/aromatic N) is 3. The van der Waals surface area contributed by atoms with Crippen LogP contribution in [0, 0.1) is 6.92 Å². The Hall–Kier alpha value is -3.16. The number of carbonyl (C=O) groups is 3. The first-order valence-electron chi connectivity index (χ1n) is 10.3. The summed E-state index contributed by atoms with van der Waals surface area (Å²) in [6.45, 7) is 6.27. The molecule has 0 saturated heterocycles. The Bertz CT molecular complexity index is 993. The van der Waals surface area contributed by atoms with E-state index in [9.17, 15) is 14.4 Å². The number of hydrogen-bond acceptors (Lipinski definition) is 5. The maximum atomic E-state index is 13.3. The molecule has 30 heavy (non-hydrogen) atoms. The number of benzene rings is 1. The van der Waals surface area contributed by atoms with E-state index in [0.717, 1.165) is 24.0 Å². The molecule has 0 unspecified atom stereocenters. The van der Waals surface area contributed by atoms with E-state index in [4.69, 9.17) is 4.74 Å². The maximum Gasteiger partial charge on any atom is 0.358 e. The quantitative estimate of drug-likeness (QED) is 0.736. The van der Waals surface area contributed by atoms with Crippen LogP contribution in [0.2, 0.25) is 0 Å². The van der Waals surface area contributed by atoms with Crippen LogP contribution in [0.4, 0.5) is 0 Å². The van der Waals surface area contributed by atoms with Crippen molar-refractivity contribution in [3.8, 4) is 0 Å². The van der Waals surface area contributed by atoms with Gasteiger partial charge >= 0.3 is 5.97 Å². The zero-order valence-corrected chi connectivity index (χ0v) is 17.5. The molecule has 1 aliphatic heterocycles.